The van der Waals surface area contributed by atoms with Crippen LogP contribution >= 0.6 is 0 Å². The lowest BCUT2D eigenvalue weighted by atomic mass is 9.97. The number of hydrazone groups is 1. The smallest absolute Gasteiger partial charge is 0.433 e. The Morgan fingerprint density at radius 3 is 2.92 bits per heavy atom. The lowest BCUT2D eigenvalue weighted by Gasteiger charge is -2.11. The molecule has 134 valence electrons. The van der Waals surface area contributed by atoms with Crippen molar-refractivity contribution in [1.82, 2.24) is 5.43 Å². The van der Waals surface area contributed by atoms with E-state index in [9.17, 15) is 20.0 Å². The molecule has 26 heavy (non-hydrogen) atoms. The van der Waals surface area contributed by atoms with Gasteiger partial charge in [0.05, 0.1) is 11.8 Å². The Kier molecular flexibility index (Phi) is 4.83. The quantitative estimate of drug-likeness (QED) is 0.496. The van der Waals surface area contributed by atoms with E-state index in [4.69, 9.17) is 4.42 Å². The van der Waals surface area contributed by atoms with Crippen LogP contribution in [0.25, 0.3) is 6.08 Å². The zero-order valence-electron chi connectivity index (χ0n) is 14.1. The van der Waals surface area contributed by atoms with E-state index in [1.165, 1.54) is 12.1 Å². The summed E-state index contributed by atoms with van der Waals surface area (Å²) in [6.45, 7) is 1.77. The average molecular weight is 355 g/mol. The highest BCUT2D eigenvalue weighted by atomic mass is 16.6. The highest BCUT2D eigenvalue weighted by Gasteiger charge is 2.25. The van der Waals surface area contributed by atoms with Gasteiger partial charge in [-0.3, -0.25) is 14.9 Å². The number of nitro groups is 1. The predicted octanol–water partition coefficient (Wildman–Crippen LogP) is 3.07. The number of phenolic OH excluding ortho intramolecular Hbond substituents is 1. The highest BCUT2D eigenvalue weighted by Crippen LogP contribution is 2.28. The first-order chi connectivity index (χ1) is 12.4. The normalized spacial score (nSPS) is 15.2. The third-order valence-corrected chi connectivity index (χ3v) is 4.05. The molecule has 0 spiro atoms. The van der Waals surface area contributed by atoms with Crippen molar-refractivity contribution in [2.24, 2.45) is 5.10 Å². The van der Waals surface area contributed by atoms with Crippen LogP contribution in [0.2, 0.25) is 0 Å². The fraction of sp³-hybridized carbons (Fsp3) is 0.222. The minimum absolute atomic E-state index is 0.195. The molecule has 0 saturated heterocycles. The number of carbonyl (C=O) groups is 1. The Balaban J connectivity index is 1.70. The molecule has 0 bridgehead atoms. The molecule has 3 rings (SSSR count). The molecule has 1 aliphatic rings. The number of hydrogen-bond donors (Lipinski definition) is 2. The lowest BCUT2D eigenvalue weighted by Crippen LogP contribution is -2.19. The number of fused-ring (bicyclic) bond motifs is 1. The van der Waals surface area contributed by atoms with Gasteiger partial charge in [0.1, 0.15) is 16.4 Å². The van der Waals surface area contributed by atoms with Crippen molar-refractivity contribution in [3.63, 3.8) is 0 Å². The summed E-state index contributed by atoms with van der Waals surface area (Å²) in [5.74, 6) is -0.0294. The minimum atomic E-state index is -0.586. The molecule has 1 aliphatic carbocycles. The molecular weight excluding hydrogens is 338 g/mol. The molecule has 2 aromatic rings. The van der Waals surface area contributed by atoms with Crippen molar-refractivity contribution in [3.05, 3.63) is 62.9 Å². The maximum absolute atomic E-state index is 12.0. The average Bonchev–Trinajstić information content (AvgIpc) is 3.06. The van der Waals surface area contributed by atoms with Crippen LogP contribution < -0.4 is 5.43 Å². The monoisotopic (exact) mass is 355 g/mol. The van der Waals surface area contributed by atoms with Gasteiger partial charge in [0.2, 0.25) is 0 Å². The molecule has 0 radical (unpaired) electrons. The van der Waals surface area contributed by atoms with Crippen molar-refractivity contribution >= 4 is 23.6 Å². The maximum Gasteiger partial charge on any atom is 0.433 e. The molecule has 1 aromatic carbocycles. The van der Waals surface area contributed by atoms with E-state index in [2.05, 4.69) is 10.5 Å². The Hall–Kier alpha value is -3.42. The van der Waals surface area contributed by atoms with Gasteiger partial charge in [-0.15, -0.1) is 0 Å². The summed E-state index contributed by atoms with van der Waals surface area (Å²) in [5, 5.41) is 24.4. The van der Waals surface area contributed by atoms with Gasteiger partial charge in [0.25, 0.3) is 5.91 Å². The molecule has 8 nitrogen and oxygen atoms in total. The molecule has 0 atom stereocenters. The van der Waals surface area contributed by atoms with Crippen LogP contribution in [-0.2, 0) is 11.2 Å². The van der Waals surface area contributed by atoms with Crippen LogP contribution in [0, 0.1) is 17.0 Å². The van der Waals surface area contributed by atoms with Gasteiger partial charge in [0.15, 0.2) is 0 Å². The zero-order chi connectivity index (χ0) is 18.7. The first-order valence-corrected chi connectivity index (χ1v) is 8.06. The number of hydrogen-bond acceptors (Lipinski definition) is 6. The van der Waals surface area contributed by atoms with E-state index in [0.29, 0.717) is 35.4 Å². The SMILES string of the molecule is Cc1cc(/C=C/C(=O)N/N=C2\CCCc3oc([N+](=O)[O-])cc32)ccc1O. The summed E-state index contributed by atoms with van der Waals surface area (Å²) in [6.07, 6.45) is 4.89. The standard InChI is InChI=1S/C18H17N3O5/c1-11-9-12(5-7-15(11)22)6-8-17(23)20-19-14-3-2-4-16-13(14)10-18(26-16)21(24)25/h5-10,22H,2-4H2,1H3,(H,20,23)/b8-6+,19-14+. The summed E-state index contributed by atoms with van der Waals surface area (Å²) < 4.78 is 5.20. The Bertz CT molecular complexity index is 927. The van der Waals surface area contributed by atoms with Crippen molar-refractivity contribution in [2.45, 2.75) is 26.2 Å². The summed E-state index contributed by atoms with van der Waals surface area (Å²) in [4.78, 5) is 22.2. The lowest BCUT2D eigenvalue weighted by molar-refractivity contribution is -0.402. The second-order valence-electron chi connectivity index (χ2n) is 5.95. The molecule has 8 heteroatoms. The van der Waals surface area contributed by atoms with Crippen LogP contribution in [0.4, 0.5) is 5.88 Å². The molecule has 0 saturated carbocycles. The molecule has 0 unspecified atom stereocenters. The Morgan fingerprint density at radius 2 is 2.19 bits per heavy atom. The van der Waals surface area contributed by atoms with E-state index in [0.717, 1.165) is 12.0 Å². The van der Waals surface area contributed by atoms with Crippen LogP contribution in [0.5, 0.6) is 5.75 Å². The number of furan rings is 1. The third kappa shape index (κ3) is 3.80. The summed E-state index contributed by atoms with van der Waals surface area (Å²) in [5.41, 5.74) is 5.04. The number of carbonyl (C=O) groups excluding carboxylic acids is 1. The van der Waals surface area contributed by atoms with Crippen LogP contribution in [0.1, 0.15) is 35.3 Å². The number of aromatic hydroxyl groups is 1. The number of aryl methyl sites for hydroxylation is 2. The number of benzene rings is 1. The molecule has 2 N–H and O–H groups in total. The van der Waals surface area contributed by atoms with Gasteiger partial charge < -0.3 is 9.52 Å². The number of nitrogens with zero attached hydrogens (tertiary/aromatic N) is 2. The Morgan fingerprint density at radius 1 is 1.38 bits per heavy atom. The largest absolute Gasteiger partial charge is 0.508 e. The second-order valence-corrected chi connectivity index (χ2v) is 5.95. The van der Waals surface area contributed by atoms with Crippen molar-refractivity contribution in [3.8, 4) is 5.75 Å². The van der Waals surface area contributed by atoms with E-state index in [-0.39, 0.29) is 11.6 Å². The second kappa shape index (κ2) is 7.22. The van der Waals surface area contributed by atoms with Crippen LogP contribution in [-0.4, -0.2) is 21.6 Å². The van der Waals surface area contributed by atoms with E-state index in [1.54, 1.807) is 31.2 Å². The summed E-state index contributed by atoms with van der Waals surface area (Å²) in [6, 6.07) is 6.34. The van der Waals surface area contributed by atoms with Gasteiger partial charge in [-0.2, -0.15) is 5.10 Å². The fourth-order valence-corrected chi connectivity index (χ4v) is 2.72. The van der Waals surface area contributed by atoms with Gasteiger partial charge >= 0.3 is 5.88 Å². The first-order valence-electron chi connectivity index (χ1n) is 8.06. The summed E-state index contributed by atoms with van der Waals surface area (Å²) >= 11 is 0. The molecule has 0 fully saturated rings. The Labute approximate surface area is 149 Å². The van der Waals surface area contributed by atoms with E-state index < -0.39 is 10.8 Å². The molecule has 0 aliphatic heterocycles. The maximum atomic E-state index is 12.0. The van der Waals surface area contributed by atoms with Gasteiger partial charge in [-0.1, -0.05) is 6.07 Å². The van der Waals surface area contributed by atoms with Crippen molar-refractivity contribution in [2.75, 3.05) is 0 Å². The summed E-state index contributed by atoms with van der Waals surface area (Å²) in [7, 11) is 0. The zero-order valence-corrected chi connectivity index (χ0v) is 14.1. The minimum Gasteiger partial charge on any atom is -0.508 e. The van der Waals surface area contributed by atoms with Crippen LogP contribution in [0.3, 0.4) is 0 Å². The van der Waals surface area contributed by atoms with Gasteiger partial charge in [0, 0.05) is 18.1 Å². The topological polar surface area (TPSA) is 118 Å². The van der Waals surface area contributed by atoms with E-state index in [1.807, 2.05) is 0 Å². The number of phenols is 1. The van der Waals surface area contributed by atoms with Gasteiger partial charge in [-0.05, 0) is 49.1 Å². The molecule has 1 amide bonds. The highest BCUT2D eigenvalue weighted by molar-refractivity contribution is 6.03. The molecular formula is C18H17N3O5. The van der Waals surface area contributed by atoms with E-state index >= 15 is 0 Å². The molecule has 1 heterocycles. The van der Waals surface area contributed by atoms with Gasteiger partial charge in [-0.25, -0.2) is 5.43 Å². The van der Waals surface area contributed by atoms with Crippen molar-refractivity contribution < 1.29 is 19.2 Å². The van der Waals surface area contributed by atoms with Crippen molar-refractivity contribution in [1.29, 1.82) is 0 Å². The molecule has 1 aromatic heterocycles. The number of rotatable bonds is 4. The third-order valence-electron chi connectivity index (χ3n) is 4.05. The number of amides is 1. The first kappa shape index (κ1) is 17.4. The van der Waals surface area contributed by atoms with Crippen LogP contribution in [0.15, 0.2) is 39.9 Å². The number of nitrogens with one attached hydrogen (secondary N) is 1. The predicted molar refractivity (Wildman–Crippen MR) is 94.9 cm³/mol. The fourth-order valence-electron chi connectivity index (χ4n) is 2.72.